The van der Waals surface area contributed by atoms with Gasteiger partial charge in [0.2, 0.25) is 0 Å². The molecule has 4 heteroatoms. The number of anilines is 1. The zero-order valence-electron chi connectivity index (χ0n) is 9.72. The lowest BCUT2D eigenvalue weighted by Gasteiger charge is -2.26. The molecule has 1 atom stereocenters. The number of nitrogens with two attached hydrogens (primary N) is 1. The SMILES string of the molecule is CC1CN(c2ccncc2CN)CCCO1. The van der Waals surface area contributed by atoms with Crippen molar-refractivity contribution in [2.75, 3.05) is 24.6 Å². The van der Waals surface area contributed by atoms with Crippen LogP contribution in [0.15, 0.2) is 18.5 Å². The minimum atomic E-state index is 0.279. The first-order valence-corrected chi connectivity index (χ1v) is 5.80. The van der Waals surface area contributed by atoms with E-state index in [0.717, 1.165) is 31.7 Å². The third-order valence-corrected chi connectivity index (χ3v) is 2.89. The summed E-state index contributed by atoms with van der Waals surface area (Å²) in [5.74, 6) is 0. The second kappa shape index (κ2) is 5.27. The molecule has 1 aliphatic rings. The van der Waals surface area contributed by atoms with Crippen molar-refractivity contribution >= 4 is 5.69 Å². The Balaban J connectivity index is 2.20. The van der Waals surface area contributed by atoms with E-state index in [1.807, 2.05) is 18.5 Å². The van der Waals surface area contributed by atoms with Gasteiger partial charge < -0.3 is 15.4 Å². The predicted molar refractivity (Wildman–Crippen MR) is 64.4 cm³/mol. The Hall–Kier alpha value is -1.13. The van der Waals surface area contributed by atoms with E-state index < -0.39 is 0 Å². The summed E-state index contributed by atoms with van der Waals surface area (Å²) in [6.45, 7) is 5.45. The smallest absolute Gasteiger partial charge is 0.0721 e. The highest BCUT2D eigenvalue weighted by Crippen LogP contribution is 2.21. The topological polar surface area (TPSA) is 51.4 Å². The van der Waals surface area contributed by atoms with Crippen LogP contribution in [-0.4, -0.2) is 30.8 Å². The lowest BCUT2D eigenvalue weighted by molar-refractivity contribution is 0.0821. The highest BCUT2D eigenvalue weighted by molar-refractivity contribution is 5.52. The normalized spacial score (nSPS) is 21.9. The van der Waals surface area contributed by atoms with Crippen molar-refractivity contribution in [1.82, 2.24) is 4.98 Å². The molecule has 0 radical (unpaired) electrons. The van der Waals surface area contributed by atoms with Crippen molar-refractivity contribution in [1.29, 1.82) is 0 Å². The minimum Gasteiger partial charge on any atom is -0.377 e. The molecule has 1 fully saturated rings. The number of aromatic nitrogens is 1. The fraction of sp³-hybridized carbons (Fsp3) is 0.583. The molecule has 16 heavy (non-hydrogen) atoms. The average Bonchev–Trinajstić information content (AvgIpc) is 2.54. The van der Waals surface area contributed by atoms with Gasteiger partial charge in [-0.05, 0) is 19.4 Å². The van der Waals surface area contributed by atoms with E-state index in [9.17, 15) is 0 Å². The van der Waals surface area contributed by atoms with Crippen LogP contribution in [0.4, 0.5) is 5.69 Å². The van der Waals surface area contributed by atoms with E-state index in [-0.39, 0.29) is 6.10 Å². The van der Waals surface area contributed by atoms with E-state index in [4.69, 9.17) is 10.5 Å². The lowest BCUT2D eigenvalue weighted by Crippen LogP contribution is -2.31. The highest BCUT2D eigenvalue weighted by atomic mass is 16.5. The Kier molecular flexibility index (Phi) is 3.74. The van der Waals surface area contributed by atoms with Crippen LogP contribution in [0, 0.1) is 0 Å². The van der Waals surface area contributed by atoms with Crippen molar-refractivity contribution in [3.05, 3.63) is 24.0 Å². The third kappa shape index (κ3) is 2.51. The molecule has 88 valence electrons. The Morgan fingerprint density at radius 2 is 2.50 bits per heavy atom. The second-order valence-electron chi connectivity index (χ2n) is 4.19. The van der Waals surface area contributed by atoms with Gasteiger partial charge in [0.25, 0.3) is 0 Å². The maximum atomic E-state index is 5.73. The van der Waals surface area contributed by atoms with Crippen molar-refractivity contribution in [3.63, 3.8) is 0 Å². The quantitative estimate of drug-likeness (QED) is 0.814. The highest BCUT2D eigenvalue weighted by Gasteiger charge is 2.17. The van der Waals surface area contributed by atoms with Gasteiger partial charge in [-0.2, -0.15) is 0 Å². The van der Waals surface area contributed by atoms with Crippen LogP contribution in [-0.2, 0) is 11.3 Å². The standard InChI is InChI=1S/C12H19N3O/c1-10-9-15(5-2-6-16-10)12-3-4-14-8-11(12)7-13/h3-4,8,10H,2,5-7,9,13H2,1H3. The molecular formula is C12H19N3O. The zero-order chi connectivity index (χ0) is 11.4. The van der Waals surface area contributed by atoms with E-state index in [1.54, 1.807) is 0 Å². The Labute approximate surface area is 96.4 Å². The zero-order valence-corrected chi connectivity index (χ0v) is 9.72. The molecule has 1 saturated heterocycles. The molecule has 2 rings (SSSR count). The summed E-state index contributed by atoms with van der Waals surface area (Å²) in [6, 6.07) is 2.04. The number of pyridine rings is 1. The largest absolute Gasteiger partial charge is 0.377 e. The molecule has 0 bridgehead atoms. The first-order chi connectivity index (χ1) is 7.81. The van der Waals surface area contributed by atoms with Gasteiger partial charge in [0.1, 0.15) is 0 Å². The third-order valence-electron chi connectivity index (χ3n) is 2.89. The summed E-state index contributed by atoms with van der Waals surface area (Å²) >= 11 is 0. The number of hydrogen-bond donors (Lipinski definition) is 1. The fourth-order valence-electron chi connectivity index (χ4n) is 2.10. The van der Waals surface area contributed by atoms with Gasteiger partial charge >= 0.3 is 0 Å². The first kappa shape index (κ1) is 11.4. The number of rotatable bonds is 2. The molecule has 0 aromatic carbocycles. The van der Waals surface area contributed by atoms with Gasteiger partial charge in [-0.1, -0.05) is 0 Å². The molecule has 2 N–H and O–H groups in total. The lowest BCUT2D eigenvalue weighted by atomic mass is 10.2. The molecular weight excluding hydrogens is 202 g/mol. The van der Waals surface area contributed by atoms with E-state index in [1.165, 1.54) is 5.69 Å². The van der Waals surface area contributed by atoms with Gasteiger partial charge in [-0.3, -0.25) is 4.98 Å². The number of ether oxygens (including phenoxy) is 1. The Morgan fingerprint density at radius 3 is 3.31 bits per heavy atom. The molecule has 0 saturated carbocycles. The number of hydrogen-bond acceptors (Lipinski definition) is 4. The van der Waals surface area contributed by atoms with E-state index in [0.29, 0.717) is 6.54 Å². The minimum absolute atomic E-state index is 0.279. The van der Waals surface area contributed by atoms with Crippen molar-refractivity contribution in [3.8, 4) is 0 Å². The second-order valence-corrected chi connectivity index (χ2v) is 4.19. The molecule has 2 heterocycles. The van der Waals surface area contributed by atoms with Crippen LogP contribution in [0.2, 0.25) is 0 Å². The van der Waals surface area contributed by atoms with Crippen molar-refractivity contribution in [2.45, 2.75) is 26.0 Å². The summed E-state index contributed by atoms with van der Waals surface area (Å²) in [5.41, 5.74) is 8.04. The molecule has 0 aliphatic carbocycles. The summed E-state index contributed by atoms with van der Waals surface area (Å²) in [5, 5.41) is 0. The average molecular weight is 221 g/mol. The van der Waals surface area contributed by atoms with Crippen LogP contribution >= 0.6 is 0 Å². The maximum Gasteiger partial charge on any atom is 0.0721 e. The summed E-state index contributed by atoms with van der Waals surface area (Å²) in [7, 11) is 0. The van der Waals surface area contributed by atoms with Crippen molar-refractivity contribution in [2.24, 2.45) is 5.73 Å². The summed E-state index contributed by atoms with van der Waals surface area (Å²) in [6.07, 6.45) is 5.02. The van der Waals surface area contributed by atoms with E-state index >= 15 is 0 Å². The van der Waals surface area contributed by atoms with Crippen LogP contribution in [0.1, 0.15) is 18.9 Å². The van der Waals surface area contributed by atoms with Gasteiger partial charge in [0.15, 0.2) is 0 Å². The first-order valence-electron chi connectivity index (χ1n) is 5.80. The van der Waals surface area contributed by atoms with Gasteiger partial charge in [-0.25, -0.2) is 0 Å². The van der Waals surface area contributed by atoms with Gasteiger partial charge in [-0.15, -0.1) is 0 Å². The maximum absolute atomic E-state index is 5.73. The molecule has 1 aliphatic heterocycles. The van der Waals surface area contributed by atoms with Gasteiger partial charge in [0, 0.05) is 49.9 Å². The van der Waals surface area contributed by atoms with E-state index in [2.05, 4.69) is 16.8 Å². The molecule has 1 unspecified atom stereocenters. The summed E-state index contributed by atoms with van der Waals surface area (Å²) < 4.78 is 5.64. The van der Waals surface area contributed by atoms with Crippen molar-refractivity contribution < 1.29 is 4.74 Å². The van der Waals surface area contributed by atoms with Crippen LogP contribution < -0.4 is 10.6 Å². The molecule has 0 amide bonds. The van der Waals surface area contributed by atoms with Crippen LogP contribution in [0.25, 0.3) is 0 Å². The Bertz CT molecular complexity index is 343. The molecule has 0 spiro atoms. The predicted octanol–water partition coefficient (Wildman–Crippen LogP) is 1.16. The molecule has 1 aromatic heterocycles. The molecule has 1 aromatic rings. The van der Waals surface area contributed by atoms with Crippen LogP contribution in [0.3, 0.4) is 0 Å². The fourth-order valence-corrected chi connectivity index (χ4v) is 2.10. The van der Waals surface area contributed by atoms with Gasteiger partial charge in [0.05, 0.1) is 6.10 Å². The molecule has 4 nitrogen and oxygen atoms in total. The number of nitrogens with zero attached hydrogens (tertiary/aromatic N) is 2. The summed E-state index contributed by atoms with van der Waals surface area (Å²) in [4.78, 5) is 6.46. The van der Waals surface area contributed by atoms with Crippen LogP contribution in [0.5, 0.6) is 0 Å². The Morgan fingerprint density at radius 1 is 1.62 bits per heavy atom. The monoisotopic (exact) mass is 221 g/mol.